The first kappa shape index (κ1) is 13.4. The number of rotatable bonds is 5. The van der Waals surface area contributed by atoms with Crippen LogP contribution >= 0.6 is 0 Å². The molecule has 0 unspecified atom stereocenters. The average molecular weight is 251 g/mol. The van der Waals surface area contributed by atoms with Gasteiger partial charge in [0.25, 0.3) is 0 Å². The smallest absolute Gasteiger partial charge is 0.0728 e. The lowest BCUT2D eigenvalue weighted by molar-refractivity contribution is 0.183. The highest BCUT2D eigenvalue weighted by Crippen LogP contribution is 2.35. The van der Waals surface area contributed by atoms with E-state index >= 15 is 0 Å². The molecule has 0 bridgehead atoms. The van der Waals surface area contributed by atoms with Gasteiger partial charge in [0.05, 0.1) is 25.0 Å². The third-order valence-corrected chi connectivity index (χ3v) is 3.87. The van der Waals surface area contributed by atoms with Crippen LogP contribution in [0.5, 0.6) is 0 Å². The van der Waals surface area contributed by atoms with Gasteiger partial charge in [-0.1, -0.05) is 13.8 Å². The maximum atomic E-state index is 5.05. The second-order valence-electron chi connectivity index (χ2n) is 6.07. The van der Waals surface area contributed by atoms with Gasteiger partial charge in [-0.05, 0) is 31.1 Å². The van der Waals surface area contributed by atoms with Crippen LogP contribution in [0.3, 0.4) is 0 Å². The molecule has 2 rings (SSSR count). The van der Waals surface area contributed by atoms with Crippen molar-refractivity contribution in [3.8, 4) is 0 Å². The summed E-state index contributed by atoms with van der Waals surface area (Å²) in [5, 5.41) is 7.91. The van der Waals surface area contributed by atoms with E-state index in [0.717, 1.165) is 12.2 Å². The number of nitrogens with one attached hydrogen (secondary N) is 1. The maximum absolute atomic E-state index is 5.05. The first-order valence-corrected chi connectivity index (χ1v) is 6.87. The lowest BCUT2D eigenvalue weighted by Crippen LogP contribution is -2.29. The number of methoxy groups -OCH3 is 1. The minimum Gasteiger partial charge on any atom is -0.383 e. The SMILES string of the molecule is COCCn1cc(NC2CCC(C)(C)CC2)cn1. The fourth-order valence-corrected chi connectivity index (χ4v) is 2.52. The van der Waals surface area contributed by atoms with Crippen molar-refractivity contribution in [1.82, 2.24) is 9.78 Å². The molecular weight excluding hydrogens is 226 g/mol. The van der Waals surface area contributed by atoms with Gasteiger partial charge in [-0.2, -0.15) is 5.10 Å². The summed E-state index contributed by atoms with van der Waals surface area (Å²) in [4.78, 5) is 0. The summed E-state index contributed by atoms with van der Waals surface area (Å²) < 4.78 is 6.98. The number of hydrogen-bond acceptors (Lipinski definition) is 3. The van der Waals surface area contributed by atoms with E-state index in [0.29, 0.717) is 18.1 Å². The molecule has 0 radical (unpaired) electrons. The Hall–Kier alpha value is -1.03. The Morgan fingerprint density at radius 2 is 2.17 bits per heavy atom. The van der Waals surface area contributed by atoms with Gasteiger partial charge in [-0.15, -0.1) is 0 Å². The highest BCUT2D eigenvalue weighted by molar-refractivity contribution is 5.39. The van der Waals surface area contributed by atoms with Crippen molar-refractivity contribution in [1.29, 1.82) is 0 Å². The number of nitrogens with zero attached hydrogens (tertiary/aromatic N) is 2. The lowest BCUT2D eigenvalue weighted by Gasteiger charge is -2.34. The Morgan fingerprint density at radius 3 is 2.83 bits per heavy atom. The zero-order chi connectivity index (χ0) is 13.0. The van der Waals surface area contributed by atoms with Crippen molar-refractivity contribution in [2.24, 2.45) is 5.41 Å². The van der Waals surface area contributed by atoms with Crippen LogP contribution in [-0.4, -0.2) is 29.5 Å². The molecule has 18 heavy (non-hydrogen) atoms. The number of aromatic nitrogens is 2. The van der Waals surface area contributed by atoms with Gasteiger partial charge in [-0.25, -0.2) is 0 Å². The van der Waals surface area contributed by atoms with Crippen LogP contribution in [0.15, 0.2) is 12.4 Å². The van der Waals surface area contributed by atoms with Crippen LogP contribution in [0.25, 0.3) is 0 Å². The van der Waals surface area contributed by atoms with Crippen molar-refractivity contribution in [2.45, 2.75) is 52.1 Å². The Labute approximate surface area is 110 Å². The molecule has 0 aromatic carbocycles. The van der Waals surface area contributed by atoms with Crippen molar-refractivity contribution >= 4 is 5.69 Å². The van der Waals surface area contributed by atoms with Crippen LogP contribution in [0.2, 0.25) is 0 Å². The van der Waals surface area contributed by atoms with Crippen molar-refractivity contribution in [2.75, 3.05) is 19.0 Å². The highest BCUT2D eigenvalue weighted by atomic mass is 16.5. The normalized spacial score (nSPS) is 19.9. The third-order valence-electron chi connectivity index (χ3n) is 3.87. The van der Waals surface area contributed by atoms with Crippen molar-refractivity contribution < 1.29 is 4.74 Å². The summed E-state index contributed by atoms with van der Waals surface area (Å²) in [6.07, 6.45) is 9.12. The molecule has 0 amide bonds. The molecule has 1 aliphatic carbocycles. The van der Waals surface area contributed by atoms with E-state index in [1.54, 1.807) is 7.11 Å². The van der Waals surface area contributed by atoms with Crippen LogP contribution < -0.4 is 5.32 Å². The van der Waals surface area contributed by atoms with Crippen LogP contribution in [0.4, 0.5) is 5.69 Å². The van der Waals surface area contributed by atoms with Crippen molar-refractivity contribution in [3.63, 3.8) is 0 Å². The molecule has 1 fully saturated rings. The molecule has 1 saturated carbocycles. The number of hydrogen-bond donors (Lipinski definition) is 1. The molecule has 1 aromatic rings. The molecule has 1 N–H and O–H groups in total. The quantitative estimate of drug-likeness (QED) is 0.874. The van der Waals surface area contributed by atoms with Gasteiger partial charge in [0.15, 0.2) is 0 Å². The Balaban J connectivity index is 1.81. The van der Waals surface area contributed by atoms with E-state index in [9.17, 15) is 0 Å². The zero-order valence-corrected chi connectivity index (χ0v) is 11.8. The van der Waals surface area contributed by atoms with Crippen LogP contribution in [0.1, 0.15) is 39.5 Å². The van der Waals surface area contributed by atoms with E-state index < -0.39 is 0 Å². The Bertz CT molecular complexity index is 363. The summed E-state index contributed by atoms with van der Waals surface area (Å²) in [7, 11) is 1.71. The van der Waals surface area contributed by atoms with E-state index in [2.05, 4.69) is 30.5 Å². The largest absolute Gasteiger partial charge is 0.383 e. The second kappa shape index (κ2) is 5.74. The summed E-state index contributed by atoms with van der Waals surface area (Å²) >= 11 is 0. The highest BCUT2D eigenvalue weighted by Gasteiger charge is 2.26. The molecule has 1 aromatic heterocycles. The topological polar surface area (TPSA) is 39.1 Å². The first-order valence-electron chi connectivity index (χ1n) is 6.87. The fourth-order valence-electron chi connectivity index (χ4n) is 2.52. The monoisotopic (exact) mass is 251 g/mol. The molecular formula is C14H25N3O. The molecule has 4 heteroatoms. The first-order chi connectivity index (χ1) is 8.59. The van der Waals surface area contributed by atoms with Crippen LogP contribution in [0, 0.1) is 5.41 Å². The van der Waals surface area contributed by atoms with Crippen LogP contribution in [-0.2, 0) is 11.3 Å². The summed E-state index contributed by atoms with van der Waals surface area (Å²) in [6, 6.07) is 0.609. The third kappa shape index (κ3) is 3.73. The Morgan fingerprint density at radius 1 is 1.44 bits per heavy atom. The second-order valence-corrected chi connectivity index (χ2v) is 6.07. The number of anilines is 1. The van der Waals surface area contributed by atoms with Gasteiger partial charge in [0, 0.05) is 19.3 Å². The average Bonchev–Trinajstić information content (AvgIpc) is 2.77. The van der Waals surface area contributed by atoms with Gasteiger partial charge in [0.1, 0.15) is 0 Å². The van der Waals surface area contributed by atoms with E-state index in [1.807, 2.05) is 10.9 Å². The minimum atomic E-state index is 0.529. The molecule has 102 valence electrons. The van der Waals surface area contributed by atoms with Gasteiger partial charge < -0.3 is 10.1 Å². The predicted molar refractivity (Wildman–Crippen MR) is 73.8 cm³/mol. The van der Waals surface area contributed by atoms with Crippen molar-refractivity contribution in [3.05, 3.63) is 12.4 Å². The molecule has 4 nitrogen and oxygen atoms in total. The lowest BCUT2D eigenvalue weighted by atomic mass is 9.75. The summed E-state index contributed by atoms with van der Waals surface area (Å²) in [5.41, 5.74) is 1.66. The minimum absolute atomic E-state index is 0.529. The number of ether oxygens (including phenoxy) is 1. The van der Waals surface area contributed by atoms with Gasteiger partial charge in [0.2, 0.25) is 0 Å². The van der Waals surface area contributed by atoms with Gasteiger partial charge in [-0.3, -0.25) is 4.68 Å². The van der Waals surface area contributed by atoms with E-state index in [1.165, 1.54) is 25.7 Å². The van der Waals surface area contributed by atoms with E-state index in [-0.39, 0.29) is 0 Å². The molecule has 0 saturated heterocycles. The summed E-state index contributed by atoms with van der Waals surface area (Å²) in [5.74, 6) is 0. The standard InChI is InChI=1S/C14H25N3O/c1-14(2)6-4-12(5-7-14)16-13-10-15-17(11-13)8-9-18-3/h10-12,16H,4-9H2,1-3H3. The molecule has 0 aliphatic heterocycles. The van der Waals surface area contributed by atoms with Gasteiger partial charge >= 0.3 is 0 Å². The molecule has 0 atom stereocenters. The zero-order valence-electron chi connectivity index (χ0n) is 11.8. The predicted octanol–water partition coefficient (Wildman–Crippen LogP) is 2.91. The molecule has 1 heterocycles. The summed E-state index contributed by atoms with van der Waals surface area (Å²) in [6.45, 7) is 6.26. The molecule has 0 spiro atoms. The fraction of sp³-hybridized carbons (Fsp3) is 0.786. The maximum Gasteiger partial charge on any atom is 0.0728 e. The Kier molecular flexibility index (Phi) is 4.27. The van der Waals surface area contributed by atoms with E-state index in [4.69, 9.17) is 4.74 Å². The molecule has 1 aliphatic rings.